The van der Waals surface area contributed by atoms with Gasteiger partial charge in [0.15, 0.2) is 0 Å². The Labute approximate surface area is 134 Å². The molecule has 4 nitrogen and oxygen atoms in total. The van der Waals surface area contributed by atoms with Gasteiger partial charge in [-0.15, -0.1) is 0 Å². The van der Waals surface area contributed by atoms with E-state index in [-0.39, 0.29) is 6.04 Å². The topological polar surface area (TPSA) is 46.6 Å². The lowest BCUT2D eigenvalue weighted by Crippen LogP contribution is -2.38. The Balaban J connectivity index is 2.47. The summed E-state index contributed by atoms with van der Waals surface area (Å²) in [7, 11) is -0.129. The molecule has 1 aromatic carbocycles. The average molecular weight is 325 g/mol. The van der Waals surface area contributed by atoms with Gasteiger partial charge in [-0.3, -0.25) is 0 Å². The molecule has 22 heavy (non-hydrogen) atoms. The normalized spacial score (nSPS) is 17.0. The zero-order valence-corrected chi connectivity index (χ0v) is 15.1. The van der Waals surface area contributed by atoms with E-state index < -0.39 is 10.0 Å². The van der Waals surface area contributed by atoms with Gasteiger partial charge >= 0.3 is 0 Å². The third-order valence-corrected chi connectivity index (χ3v) is 7.12. The van der Waals surface area contributed by atoms with Crippen molar-refractivity contribution in [2.75, 3.05) is 14.2 Å². The fraction of sp³-hybridized carbons (Fsp3) is 0.647. The number of methoxy groups -OCH3 is 1. The molecule has 1 aliphatic carbocycles. The van der Waals surface area contributed by atoms with E-state index >= 15 is 0 Å². The highest BCUT2D eigenvalue weighted by Gasteiger charge is 2.32. The van der Waals surface area contributed by atoms with Crippen LogP contribution < -0.4 is 4.74 Å². The molecule has 0 saturated heterocycles. The molecule has 0 unspecified atom stereocenters. The van der Waals surface area contributed by atoms with Crippen LogP contribution in [0, 0.1) is 20.8 Å². The van der Waals surface area contributed by atoms with Crippen molar-refractivity contribution in [3.05, 3.63) is 22.8 Å². The Morgan fingerprint density at radius 1 is 1.09 bits per heavy atom. The molecule has 0 bridgehead atoms. The van der Waals surface area contributed by atoms with Crippen LogP contribution in [0.15, 0.2) is 11.0 Å². The van der Waals surface area contributed by atoms with Crippen LogP contribution in [0.4, 0.5) is 0 Å². The van der Waals surface area contributed by atoms with Crippen LogP contribution in [0.3, 0.4) is 0 Å². The Hall–Kier alpha value is -1.07. The molecule has 0 N–H and O–H groups in total. The SMILES string of the molecule is COc1cc(C)c(S(=O)(=O)N(C)C2CCCCC2)c(C)c1C. The number of ether oxygens (including phenoxy) is 1. The Kier molecular flexibility index (Phi) is 5.17. The molecule has 0 amide bonds. The third-order valence-electron chi connectivity index (χ3n) is 4.92. The maximum atomic E-state index is 13.1. The minimum absolute atomic E-state index is 0.125. The van der Waals surface area contributed by atoms with Crippen molar-refractivity contribution < 1.29 is 13.2 Å². The number of hydrogen-bond donors (Lipinski definition) is 0. The molecule has 1 aromatic rings. The van der Waals surface area contributed by atoms with Crippen LogP contribution >= 0.6 is 0 Å². The van der Waals surface area contributed by atoms with Crippen LogP contribution in [0.5, 0.6) is 5.75 Å². The predicted octanol–water partition coefficient (Wildman–Crippen LogP) is 3.57. The molecule has 0 spiro atoms. The van der Waals surface area contributed by atoms with Crippen LogP contribution in [0.2, 0.25) is 0 Å². The zero-order chi connectivity index (χ0) is 16.5. The van der Waals surface area contributed by atoms with E-state index in [1.54, 1.807) is 18.5 Å². The molecule has 124 valence electrons. The zero-order valence-electron chi connectivity index (χ0n) is 14.3. The van der Waals surface area contributed by atoms with Crippen molar-refractivity contribution in [1.29, 1.82) is 0 Å². The molecule has 0 heterocycles. The first kappa shape index (κ1) is 17.3. The summed E-state index contributed by atoms with van der Waals surface area (Å²) < 4.78 is 33.2. The van der Waals surface area contributed by atoms with Gasteiger partial charge in [0.2, 0.25) is 10.0 Å². The van der Waals surface area contributed by atoms with Crippen LogP contribution in [0.25, 0.3) is 0 Å². The van der Waals surface area contributed by atoms with E-state index in [4.69, 9.17) is 4.74 Å². The smallest absolute Gasteiger partial charge is 0.243 e. The summed E-state index contributed by atoms with van der Waals surface area (Å²) in [4.78, 5) is 0.443. The first-order valence-corrected chi connectivity index (χ1v) is 9.37. The number of nitrogens with zero attached hydrogens (tertiary/aromatic N) is 1. The molecule has 5 heteroatoms. The number of benzene rings is 1. The molecule has 1 fully saturated rings. The van der Waals surface area contributed by atoms with Gasteiger partial charge in [-0.25, -0.2) is 8.42 Å². The molecule has 0 aromatic heterocycles. The monoisotopic (exact) mass is 325 g/mol. The Bertz CT molecular complexity index is 646. The third kappa shape index (κ3) is 3.01. The summed E-state index contributed by atoms with van der Waals surface area (Å²) >= 11 is 0. The lowest BCUT2D eigenvalue weighted by Gasteiger charge is -2.31. The van der Waals surface area contributed by atoms with Crippen molar-refractivity contribution >= 4 is 10.0 Å². The van der Waals surface area contributed by atoms with E-state index in [1.165, 1.54) is 6.42 Å². The standard InChI is InChI=1S/C17H27NO3S/c1-12-11-16(21-5)13(2)14(3)17(12)22(19,20)18(4)15-9-7-6-8-10-15/h11,15H,6-10H2,1-5H3. The van der Waals surface area contributed by atoms with E-state index in [9.17, 15) is 8.42 Å². The summed E-state index contributed by atoms with van der Waals surface area (Å²) in [6, 6.07) is 1.95. The van der Waals surface area contributed by atoms with Gasteiger partial charge in [0, 0.05) is 13.1 Å². The molecule has 1 saturated carbocycles. The second kappa shape index (κ2) is 6.59. The van der Waals surface area contributed by atoms with E-state index in [2.05, 4.69) is 0 Å². The number of aryl methyl sites for hydroxylation is 1. The molecular weight excluding hydrogens is 298 g/mol. The van der Waals surface area contributed by atoms with Gasteiger partial charge in [-0.05, 0) is 56.4 Å². The number of sulfonamides is 1. The van der Waals surface area contributed by atoms with Gasteiger partial charge in [0.25, 0.3) is 0 Å². The summed E-state index contributed by atoms with van der Waals surface area (Å²) in [5, 5.41) is 0. The largest absolute Gasteiger partial charge is 0.496 e. The number of rotatable bonds is 4. The lowest BCUT2D eigenvalue weighted by molar-refractivity contribution is 0.285. The van der Waals surface area contributed by atoms with Crippen LogP contribution in [-0.4, -0.2) is 32.9 Å². The van der Waals surface area contributed by atoms with Gasteiger partial charge in [0.05, 0.1) is 12.0 Å². The highest BCUT2D eigenvalue weighted by molar-refractivity contribution is 7.89. The molecule has 0 radical (unpaired) electrons. The van der Waals surface area contributed by atoms with E-state index in [0.717, 1.165) is 48.1 Å². The molecule has 0 atom stereocenters. The minimum Gasteiger partial charge on any atom is -0.496 e. The maximum Gasteiger partial charge on any atom is 0.243 e. The van der Waals surface area contributed by atoms with E-state index in [0.29, 0.717) is 4.90 Å². The van der Waals surface area contributed by atoms with Crippen molar-refractivity contribution in [3.63, 3.8) is 0 Å². The second-order valence-electron chi connectivity index (χ2n) is 6.29. The molecule has 1 aliphatic rings. The van der Waals surface area contributed by atoms with Gasteiger partial charge in [-0.2, -0.15) is 4.31 Å². The summed E-state index contributed by atoms with van der Waals surface area (Å²) in [6.45, 7) is 5.62. The Morgan fingerprint density at radius 3 is 2.23 bits per heavy atom. The van der Waals surface area contributed by atoms with Crippen molar-refractivity contribution in [2.24, 2.45) is 0 Å². The lowest BCUT2D eigenvalue weighted by atomic mass is 9.96. The first-order valence-electron chi connectivity index (χ1n) is 7.93. The first-order chi connectivity index (χ1) is 10.3. The highest BCUT2D eigenvalue weighted by Crippen LogP contribution is 2.34. The number of hydrogen-bond acceptors (Lipinski definition) is 3. The minimum atomic E-state index is -3.47. The molecule has 2 rings (SSSR count). The fourth-order valence-electron chi connectivity index (χ4n) is 3.42. The second-order valence-corrected chi connectivity index (χ2v) is 8.22. The van der Waals surface area contributed by atoms with Gasteiger partial charge in [0.1, 0.15) is 5.75 Å². The van der Waals surface area contributed by atoms with Crippen molar-refractivity contribution in [3.8, 4) is 5.75 Å². The quantitative estimate of drug-likeness (QED) is 0.850. The maximum absolute atomic E-state index is 13.1. The summed E-state index contributed by atoms with van der Waals surface area (Å²) in [5.41, 5.74) is 2.44. The predicted molar refractivity (Wildman–Crippen MR) is 89.0 cm³/mol. The average Bonchev–Trinajstić information content (AvgIpc) is 2.50. The van der Waals surface area contributed by atoms with Crippen LogP contribution in [0.1, 0.15) is 48.8 Å². The Morgan fingerprint density at radius 2 is 1.68 bits per heavy atom. The van der Waals surface area contributed by atoms with Gasteiger partial charge < -0.3 is 4.74 Å². The molecular formula is C17H27NO3S. The highest BCUT2D eigenvalue weighted by atomic mass is 32.2. The van der Waals surface area contributed by atoms with E-state index in [1.807, 2.05) is 26.8 Å². The fourth-order valence-corrected chi connectivity index (χ4v) is 5.31. The summed E-state index contributed by atoms with van der Waals surface area (Å²) in [5.74, 6) is 0.745. The molecule has 0 aliphatic heterocycles. The van der Waals surface area contributed by atoms with Crippen molar-refractivity contribution in [2.45, 2.75) is 63.8 Å². The van der Waals surface area contributed by atoms with Crippen molar-refractivity contribution in [1.82, 2.24) is 4.31 Å². The van der Waals surface area contributed by atoms with Gasteiger partial charge in [-0.1, -0.05) is 19.3 Å². The summed E-state index contributed by atoms with van der Waals surface area (Å²) in [6.07, 6.45) is 5.37. The van der Waals surface area contributed by atoms with Crippen LogP contribution in [-0.2, 0) is 10.0 Å².